The quantitative estimate of drug-likeness (QED) is 0.691. The van der Waals surface area contributed by atoms with E-state index in [9.17, 15) is 14.4 Å². The van der Waals surface area contributed by atoms with E-state index in [-0.39, 0.29) is 6.61 Å². The Kier molecular flexibility index (Phi) is 7.38. The van der Waals surface area contributed by atoms with Gasteiger partial charge in [0.15, 0.2) is 6.61 Å². The number of nitrogens with one attached hydrogen (secondary N) is 1. The third kappa shape index (κ3) is 5.30. The van der Waals surface area contributed by atoms with Gasteiger partial charge in [0.05, 0.1) is 17.7 Å². The first-order valence-corrected chi connectivity index (χ1v) is 9.58. The van der Waals surface area contributed by atoms with Crippen LogP contribution in [0.25, 0.3) is 0 Å². The minimum atomic E-state index is -0.635. The topological polar surface area (TPSA) is 81.7 Å². The highest BCUT2D eigenvalue weighted by Crippen LogP contribution is 2.34. The lowest BCUT2D eigenvalue weighted by molar-refractivity contribution is -0.119. The zero-order valence-corrected chi connectivity index (χ0v) is 16.8. The van der Waals surface area contributed by atoms with Crippen LogP contribution >= 0.6 is 22.9 Å². The molecule has 0 saturated carbocycles. The van der Waals surface area contributed by atoms with E-state index in [1.54, 1.807) is 19.1 Å². The highest BCUT2D eigenvalue weighted by Gasteiger charge is 2.23. The number of rotatable bonds is 7. The number of anilines is 1. The molecule has 1 aromatic heterocycles. The van der Waals surface area contributed by atoms with Crippen LogP contribution in [0, 0.1) is 6.92 Å². The maximum absolute atomic E-state index is 12.3. The Bertz CT molecular complexity index is 845. The summed E-state index contributed by atoms with van der Waals surface area (Å²) in [6.45, 7) is 5.29. The van der Waals surface area contributed by atoms with Gasteiger partial charge >= 0.3 is 11.9 Å². The van der Waals surface area contributed by atoms with Crippen LogP contribution in [-0.2, 0) is 20.7 Å². The second-order valence-electron chi connectivity index (χ2n) is 5.55. The fourth-order valence-corrected chi connectivity index (χ4v) is 3.75. The number of esters is 2. The van der Waals surface area contributed by atoms with Crippen molar-refractivity contribution in [2.45, 2.75) is 27.2 Å². The van der Waals surface area contributed by atoms with Crippen molar-refractivity contribution < 1.29 is 23.9 Å². The maximum atomic E-state index is 12.3. The summed E-state index contributed by atoms with van der Waals surface area (Å²) >= 11 is 7.06. The molecule has 1 aromatic carbocycles. The Morgan fingerprint density at radius 1 is 1.07 bits per heavy atom. The SMILES string of the molecule is CCOC(=O)c1c(NC(=O)COC(=O)c2ccc(Cl)cc2)sc(C)c1CC. The zero-order chi connectivity index (χ0) is 20.0. The fraction of sp³-hybridized carbons (Fsp3) is 0.316. The van der Waals surface area contributed by atoms with Crippen molar-refractivity contribution in [1.82, 2.24) is 0 Å². The molecule has 1 heterocycles. The third-order valence-corrected chi connectivity index (χ3v) is 5.02. The summed E-state index contributed by atoms with van der Waals surface area (Å²) < 4.78 is 10.1. The molecule has 1 amide bonds. The lowest BCUT2D eigenvalue weighted by Gasteiger charge is -2.08. The average molecular weight is 410 g/mol. The van der Waals surface area contributed by atoms with Gasteiger partial charge in [-0.1, -0.05) is 18.5 Å². The van der Waals surface area contributed by atoms with Crippen molar-refractivity contribution in [1.29, 1.82) is 0 Å². The van der Waals surface area contributed by atoms with Crippen molar-refractivity contribution in [2.24, 2.45) is 0 Å². The van der Waals surface area contributed by atoms with Crippen LogP contribution in [0.4, 0.5) is 5.00 Å². The van der Waals surface area contributed by atoms with Gasteiger partial charge in [0.2, 0.25) is 0 Å². The van der Waals surface area contributed by atoms with Crippen LogP contribution in [0.1, 0.15) is 45.0 Å². The second-order valence-corrected chi connectivity index (χ2v) is 7.21. The molecule has 0 aliphatic carbocycles. The maximum Gasteiger partial charge on any atom is 0.341 e. The first kappa shape index (κ1) is 20.9. The third-order valence-electron chi connectivity index (χ3n) is 3.71. The number of carbonyl (C=O) groups is 3. The summed E-state index contributed by atoms with van der Waals surface area (Å²) in [5, 5.41) is 3.54. The van der Waals surface area contributed by atoms with Gasteiger partial charge in [0.1, 0.15) is 5.00 Å². The molecule has 8 heteroatoms. The number of halogens is 1. The number of benzene rings is 1. The summed E-state index contributed by atoms with van der Waals surface area (Å²) in [7, 11) is 0. The Labute approximate surface area is 166 Å². The van der Waals surface area contributed by atoms with E-state index in [4.69, 9.17) is 21.1 Å². The van der Waals surface area contributed by atoms with Crippen molar-refractivity contribution in [3.63, 3.8) is 0 Å². The van der Waals surface area contributed by atoms with Gasteiger partial charge in [-0.3, -0.25) is 4.79 Å². The summed E-state index contributed by atoms with van der Waals surface area (Å²) in [4.78, 5) is 37.3. The molecule has 27 heavy (non-hydrogen) atoms. The minimum Gasteiger partial charge on any atom is -0.462 e. The molecule has 0 unspecified atom stereocenters. The molecule has 0 aliphatic heterocycles. The van der Waals surface area contributed by atoms with E-state index in [2.05, 4.69) is 5.32 Å². The van der Waals surface area contributed by atoms with E-state index in [0.717, 1.165) is 10.4 Å². The van der Waals surface area contributed by atoms with Crippen molar-refractivity contribution in [3.05, 3.63) is 50.9 Å². The summed E-state index contributed by atoms with van der Waals surface area (Å²) in [5.41, 5.74) is 1.49. The molecule has 144 valence electrons. The molecule has 0 fully saturated rings. The van der Waals surface area contributed by atoms with Crippen molar-refractivity contribution >= 4 is 45.8 Å². The number of hydrogen-bond donors (Lipinski definition) is 1. The Balaban J connectivity index is 2.06. The van der Waals surface area contributed by atoms with Crippen LogP contribution in [0.2, 0.25) is 5.02 Å². The average Bonchev–Trinajstić information content (AvgIpc) is 2.95. The summed E-state index contributed by atoms with van der Waals surface area (Å²) in [6.07, 6.45) is 0.637. The molecule has 6 nitrogen and oxygen atoms in total. The van der Waals surface area contributed by atoms with Crippen LogP contribution in [0.3, 0.4) is 0 Å². The zero-order valence-electron chi connectivity index (χ0n) is 15.3. The van der Waals surface area contributed by atoms with Crippen LogP contribution in [0.5, 0.6) is 0 Å². The van der Waals surface area contributed by atoms with Gasteiger partial charge in [-0.25, -0.2) is 9.59 Å². The number of ether oxygens (including phenoxy) is 2. The molecule has 0 radical (unpaired) electrons. The fourth-order valence-electron chi connectivity index (χ4n) is 2.47. The van der Waals surface area contributed by atoms with Crippen molar-refractivity contribution in [2.75, 3.05) is 18.5 Å². The van der Waals surface area contributed by atoms with E-state index in [1.807, 2.05) is 13.8 Å². The van der Waals surface area contributed by atoms with Gasteiger partial charge in [0, 0.05) is 9.90 Å². The molecular weight excluding hydrogens is 390 g/mol. The van der Waals surface area contributed by atoms with Crippen LogP contribution in [0.15, 0.2) is 24.3 Å². The highest BCUT2D eigenvalue weighted by atomic mass is 35.5. The number of amides is 1. The Morgan fingerprint density at radius 2 is 1.74 bits per heavy atom. The predicted molar refractivity (Wildman–Crippen MR) is 105 cm³/mol. The normalized spacial score (nSPS) is 10.4. The first-order valence-electron chi connectivity index (χ1n) is 8.39. The number of hydrogen-bond acceptors (Lipinski definition) is 6. The smallest absolute Gasteiger partial charge is 0.341 e. The molecule has 0 bridgehead atoms. The standard InChI is InChI=1S/C19H20ClNO5S/c1-4-14-11(3)27-17(16(14)19(24)25-5-2)21-15(22)10-26-18(23)12-6-8-13(20)9-7-12/h6-9H,4-5,10H2,1-3H3,(H,21,22). The molecule has 1 N–H and O–H groups in total. The Hall–Kier alpha value is -2.38. The van der Waals surface area contributed by atoms with E-state index >= 15 is 0 Å². The molecule has 2 aromatic rings. The van der Waals surface area contributed by atoms with E-state index < -0.39 is 24.5 Å². The highest BCUT2D eigenvalue weighted by molar-refractivity contribution is 7.16. The van der Waals surface area contributed by atoms with E-state index in [0.29, 0.717) is 27.6 Å². The molecular formula is C19H20ClNO5S. The minimum absolute atomic E-state index is 0.239. The van der Waals surface area contributed by atoms with Gasteiger partial charge in [-0.05, 0) is 50.1 Å². The number of carbonyl (C=O) groups excluding carboxylic acids is 3. The van der Waals surface area contributed by atoms with Gasteiger partial charge in [0.25, 0.3) is 5.91 Å². The van der Waals surface area contributed by atoms with Crippen LogP contribution in [-0.4, -0.2) is 31.1 Å². The van der Waals surface area contributed by atoms with Gasteiger partial charge in [-0.15, -0.1) is 11.3 Å². The molecule has 2 rings (SSSR count). The van der Waals surface area contributed by atoms with Gasteiger partial charge in [-0.2, -0.15) is 0 Å². The number of thiophene rings is 1. The largest absolute Gasteiger partial charge is 0.462 e. The molecule has 0 aliphatic rings. The van der Waals surface area contributed by atoms with Gasteiger partial charge < -0.3 is 14.8 Å². The van der Waals surface area contributed by atoms with E-state index in [1.165, 1.54) is 23.5 Å². The lowest BCUT2D eigenvalue weighted by Crippen LogP contribution is -2.22. The van der Waals surface area contributed by atoms with Crippen molar-refractivity contribution in [3.8, 4) is 0 Å². The first-order chi connectivity index (χ1) is 12.9. The number of aryl methyl sites for hydroxylation is 1. The predicted octanol–water partition coefficient (Wildman–Crippen LogP) is 4.24. The Morgan fingerprint density at radius 3 is 2.33 bits per heavy atom. The monoisotopic (exact) mass is 409 g/mol. The molecule has 0 spiro atoms. The molecule has 0 atom stereocenters. The van der Waals surface area contributed by atoms with Crippen LogP contribution < -0.4 is 5.32 Å². The second kappa shape index (κ2) is 9.53. The lowest BCUT2D eigenvalue weighted by atomic mass is 10.1. The summed E-state index contributed by atoms with van der Waals surface area (Å²) in [5.74, 6) is -1.65. The molecule has 0 saturated heterocycles. The summed E-state index contributed by atoms with van der Waals surface area (Å²) in [6, 6.07) is 6.14.